The molecule has 0 saturated heterocycles. The van der Waals surface area contributed by atoms with Crippen molar-refractivity contribution in [2.24, 2.45) is 0 Å². The van der Waals surface area contributed by atoms with Gasteiger partial charge in [-0.1, -0.05) is 11.6 Å². The van der Waals surface area contributed by atoms with E-state index >= 15 is 0 Å². The quantitative estimate of drug-likeness (QED) is 0.676. The average Bonchev–Trinajstić information content (AvgIpc) is 2.77. The Morgan fingerprint density at radius 2 is 2.35 bits per heavy atom. The Morgan fingerprint density at radius 1 is 1.60 bits per heavy atom. The van der Waals surface area contributed by atoms with Crippen LogP contribution in [0.2, 0.25) is 5.02 Å². The number of aromatic nitrogens is 3. The molecule has 0 radical (unpaired) electrons. The van der Waals surface area contributed by atoms with E-state index in [0.29, 0.717) is 21.1 Å². The van der Waals surface area contributed by atoms with Gasteiger partial charge in [-0.05, 0) is 40.2 Å². The second-order valence-electron chi connectivity index (χ2n) is 3.59. The number of aliphatic carboxylic acids is 1. The molecule has 0 aliphatic heterocycles. The Morgan fingerprint density at radius 3 is 2.95 bits per heavy atom. The first kappa shape index (κ1) is 14.2. The van der Waals surface area contributed by atoms with E-state index in [4.69, 9.17) is 22.0 Å². The van der Waals surface area contributed by atoms with Crippen molar-refractivity contribution in [2.45, 2.75) is 0 Å². The number of carboxylic acids is 1. The summed E-state index contributed by atoms with van der Waals surface area (Å²) in [5.41, 5.74) is -0.0397. The number of carbonyl (C=O) groups is 1. The fourth-order valence-electron chi connectivity index (χ4n) is 1.46. The van der Waals surface area contributed by atoms with E-state index in [-0.39, 0.29) is 0 Å². The van der Waals surface area contributed by atoms with Crippen LogP contribution in [0.4, 0.5) is 0 Å². The molecule has 8 heteroatoms. The van der Waals surface area contributed by atoms with E-state index in [1.54, 1.807) is 24.3 Å². The molecule has 20 heavy (non-hydrogen) atoms. The van der Waals surface area contributed by atoms with Crippen molar-refractivity contribution in [3.63, 3.8) is 0 Å². The molecule has 0 atom stereocenters. The fourth-order valence-corrected chi connectivity index (χ4v) is 2.06. The minimum atomic E-state index is -1.32. The number of halogens is 2. The van der Waals surface area contributed by atoms with Gasteiger partial charge in [0.05, 0.1) is 10.7 Å². The predicted molar refractivity (Wildman–Crippen MR) is 75.3 cm³/mol. The third-order valence-corrected chi connectivity index (χ3v) is 2.97. The molecule has 2 heterocycles. The van der Waals surface area contributed by atoms with Crippen molar-refractivity contribution < 1.29 is 9.90 Å². The van der Waals surface area contributed by atoms with Gasteiger partial charge in [0.15, 0.2) is 5.82 Å². The maximum Gasteiger partial charge on any atom is 0.346 e. The molecule has 2 rings (SSSR count). The van der Waals surface area contributed by atoms with E-state index in [1.807, 2.05) is 0 Å². The molecule has 2 aromatic heterocycles. The molecule has 0 bridgehead atoms. The molecule has 2 aromatic rings. The van der Waals surface area contributed by atoms with Crippen LogP contribution in [0.5, 0.6) is 0 Å². The van der Waals surface area contributed by atoms with Crippen molar-refractivity contribution in [2.75, 3.05) is 0 Å². The first-order chi connectivity index (χ1) is 9.52. The Balaban J connectivity index is 2.61. The van der Waals surface area contributed by atoms with Gasteiger partial charge in [-0.25, -0.2) is 14.5 Å². The highest BCUT2D eigenvalue weighted by Crippen LogP contribution is 2.22. The number of nitrogens with zero attached hydrogens (tertiary/aromatic N) is 4. The fraction of sp³-hybridized carbons (Fsp3) is 0. The van der Waals surface area contributed by atoms with Gasteiger partial charge in [0.2, 0.25) is 0 Å². The summed E-state index contributed by atoms with van der Waals surface area (Å²) in [5, 5.41) is 22.2. The third-order valence-electron chi connectivity index (χ3n) is 2.29. The molecule has 100 valence electrons. The van der Waals surface area contributed by atoms with Crippen LogP contribution >= 0.6 is 27.5 Å². The summed E-state index contributed by atoms with van der Waals surface area (Å²) in [6, 6.07) is 6.46. The zero-order valence-electron chi connectivity index (χ0n) is 9.79. The van der Waals surface area contributed by atoms with Crippen molar-refractivity contribution in [1.29, 1.82) is 5.26 Å². The Hall–Kier alpha value is -2.17. The molecule has 0 unspecified atom stereocenters. The number of hydrogen-bond donors (Lipinski definition) is 1. The molecular formula is C12H6BrClN4O2. The molecule has 1 N–H and O–H groups in total. The molecule has 6 nitrogen and oxygen atoms in total. The number of rotatable bonds is 3. The third kappa shape index (κ3) is 2.87. The summed E-state index contributed by atoms with van der Waals surface area (Å²) < 4.78 is 1.82. The van der Waals surface area contributed by atoms with E-state index in [2.05, 4.69) is 26.0 Å². The lowest BCUT2D eigenvalue weighted by atomic mass is 10.2. The van der Waals surface area contributed by atoms with Gasteiger partial charge in [0, 0.05) is 6.20 Å². The summed E-state index contributed by atoms with van der Waals surface area (Å²) in [4.78, 5) is 15.0. The van der Waals surface area contributed by atoms with E-state index in [9.17, 15) is 4.79 Å². The smallest absolute Gasteiger partial charge is 0.346 e. The van der Waals surface area contributed by atoms with Crippen LogP contribution in [0.25, 0.3) is 11.9 Å². The normalized spacial score (nSPS) is 11.2. The molecular weight excluding hydrogens is 348 g/mol. The number of pyridine rings is 1. The number of nitriles is 1. The monoisotopic (exact) mass is 352 g/mol. The van der Waals surface area contributed by atoms with Gasteiger partial charge >= 0.3 is 5.97 Å². The van der Waals surface area contributed by atoms with Crippen LogP contribution in [0, 0.1) is 11.3 Å². The lowest BCUT2D eigenvalue weighted by Crippen LogP contribution is -2.04. The molecule has 0 aliphatic rings. The topological polar surface area (TPSA) is 91.8 Å². The highest BCUT2D eigenvalue weighted by molar-refractivity contribution is 9.10. The SMILES string of the molecule is N#CC(=Cc1cc(Br)nn1-c1ncccc1Cl)C(=O)O. The lowest BCUT2D eigenvalue weighted by molar-refractivity contribution is -0.132. The van der Waals surface area contributed by atoms with Crippen LogP contribution in [-0.4, -0.2) is 25.8 Å². The average molecular weight is 354 g/mol. The van der Waals surface area contributed by atoms with Crippen molar-refractivity contribution in [3.05, 3.63) is 45.3 Å². The maximum atomic E-state index is 10.9. The van der Waals surface area contributed by atoms with E-state index < -0.39 is 11.5 Å². The summed E-state index contributed by atoms with van der Waals surface area (Å²) in [6.07, 6.45) is 2.73. The summed E-state index contributed by atoms with van der Waals surface area (Å²) in [7, 11) is 0. The van der Waals surface area contributed by atoms with Gasteiger partial charge < -0.3 is 5.11 Å². The minimum absolute atomic E-state index is 0.341. The predicted octanol–water partition coefficient (Wildman–Crippen LogP) is 2.67. The van der Waals surface area contributed by atoms with Crippen LogP contribution in [0.15, 0.2) is 34.6 Å². The van der Waals surface area contributed by atoms with Gasteiger partial charge in [-0.15, -0.1) is 0 Å². The largest absolute Gasteiger partial charge is 0.477 e. The molecule has 0 saturated carbocycles. The van der Waals surface area contributed by atoms with Crippen molar-refractivity contribution in [3.8, 4) is 11.9 Å². The first-order valence-electron chi connectivity index (χ1n) is 5.24. The number of hydrogen-bond acceptors (Lipinski definition) is 4. The molecule has 0 aliphatic carbocycles. The summed E-state index contributed by atoms with van der Waals surface area (Å²) in [5.74, 6) is -0.975. The maximum absolute atomic E-state index is 10.9. The van der Waals surface area contributed by atoms with E-state index in [1.165, 1.54) is 17.0 Å². The van der Waals surface area contributed by atoms with Gasteiger partial charge in [0.1, 0.15) is 16.2 Å². The molecule has 0 fully saturated rings. The van der Waals surface area contributed by atoms with Crippen LogP contribution in [0.3, 0.4) is 0 Å². The summed E-state index contributed by atoms with van der Waals surface area (Å²) >= 11 is 9.22. The van der Waals surface area contributed by atoms with Crippen LogP contribution in [0.1, 0.15) is 5.69 Å². The van der Waals surface area contributed by atoms with Gasteiger partial charge in [0.25, 0.3) is 0 Å². The Labute approximate surface area is 127 Å². The number of carboxylic acid groups (broad SMARTS) is 1. The van der Waals surface area contributed by atoms with Crippen molar-refractivity contribution in [1.82, 2.24) is 14.8 Å². The Kier molecular flexibility index (Phi) is 4.17. The molecule has 0 spiro atoms. The van der Waals surface area contributed by atoms with Crippen LogP contribution < -0.4 is 0 Å². The zero-order chi connectivity index (χ0) is 14.7. The first-order valence-corrected chi connectivity index (χ1v) is 6.41. The van der Waals surface area contributed by atoms with Crippen molar-refractivity contribution >= 4 is 39.6 Å². The highest BCUT2D eigenvalue weighted by Gasteiger charge is 2.13. The second-order valence-corrected chi connectivity index (χ2v) is 4.81. The van der Waals surface area contributed by atoms with Crippen LogP contribution in [-0.2, 0) is 4.79 Å². The Bertz CT molecular complexity index is 748. The zero-order valence-corrected chi connectivity index (χ0v) is 12.1. The minimum Gasteiger partial charge on any atom is -0.477 e. The molecule has 0 aromatic carbocycles. The highest BCUT2D eigenvalue weighted by atomic mass is 79.9. The van der Waals surface area contributed by atoms with E-state index in [0.717, 1.165) is 0 Å². The lowest BCUT2D eigenvalue weighted by Gasteiger charge is -2.05. The standard InChI is InChI=1S/C12H6BrClN4O2/c13-10-5-8(4-7(6-15)12(19)20)18(17-10)11-9(14)2-1-3-16-11/h1-5H,(H,19,20). The second kappa shape index (κ2) is 5.86. The summed E-state index contributed by atoms with van der Waals surface area (Å²) in [6.45, 7) is 0. The molecule has 0 amide bonds. The van der Waals surface area contributed by atoms with Gasteiger partial charge in [-0.2, -0.15) is 10.4 Å². The van der Waals surface area contributed by atoms with Gasteiger partial charge in [-0.3, -0.25) is 0 Å².